The van der Waals surface area contributed by atoms with Gasteiger partial charge in [-0.1, -0.05) is 38.1 Å². The summed E-state index contributed by atoms with van der Waals surface area (Å²) in [5.74, 6) is -0.565. The maximum Gasteiger partial charge on any atom is 0.131 e. The zero-order valence-corrected chi connectivity index (χ0v) is 11.1. The van der Waals surface area contributed by atoms with Crippen molar-refractivity contribution in [2.24, 2.45) is 0 Å². The first kappa shape index (κ1) is 13.7. The molecular formula is C16H17F2N. The van der Waals surface area contributed by atoms with Crippen molar-refractivity contribution in [1.29, 1.82) is 0 Å². The number of rotatable bonds is 4. The third-order valence-electron chi connectivity index (χ3n) is 2.93. The van der Waals surface area contributed by atoms with Crippen LogP contribution < -0.4 is 5.32 Å². The van der Waals surface area contributed by atoms with Crippen molar-refractivity contribution in [3.63, 3.8) is 0 Å². The van der Waals surface area contributed by atoms with Crippen LogP contribution in [-0.4, -0.2) is 6.04 Å². The molecule has 0 aliphatic heterocycles. The van der Waals surface area contributed by atoms with Gasteiger partial charge in [0, 0.05) is 23.7 Å². The summed E-state index contributed by atoms with van der Waals surface area (Å²) >= 11 is 0. The van der Waals surface area contributed by atoms with E-state index < -0.39 is 0 Å². The molecule has 0 saturated carbocycles. The number of benzene rings is 2. The highest BCUT2D eigenvalue weighted by atomic mass is 19.1. The third-order valence-corrected chi connectivity index (χ3v) is 2.93. The molecular weight excluding hydrogens is 244 g/mol. The molecule has 0 aromatic heterocycles. The summed E-state index contributed by atoms with van der Waals surface area (Å²) in [6, 6.07) is 11.5. The Morgan fingerprint density at radius 2 is 1.74 bits per heavy atom. The van der Waals surface area contributed by atoms with E-state index in [0.29, 0.717) is 23.2 Å². The summed E-state index contributed by atoms with van der Waals surface area (Å²) in [4.78, 5) is 0. The highest BCUT2D eigenvalue weighted by Crippen LogP contribution is 2.24. The van der Waals surface area contributed by atoms with E-state index in [0.717, 1.165) is 0 Å². The Balaban J connectivity index is 2.33. The van der Waals surface area contributed by atoms with Crippen molar-refractivity contribution in [2.45, 2.75) is 26.4 Å². The van der Waals surface area contributed by atoms with Crippen LogP contribution in [0.4, 0.5) is 8.78 Å². The van der Waals surface area contributed by atoms with Gasteiger partial charge in [-0.15, -0.1) is 0 Å². The molecule has 1 N–H and O–H groups in total. The van der Waals surface area contributed by atoms with E-state index in [-0.39, 0.29) is 17.7 Å². The van der Waals surface area contributed by atoms with Crippen LogP contribution in [-0.2, 0) is 6.54 Å². The van der Waals surface area contributed by atoms with E-state index >= 15 is 0 Å². The highest BCUT2D eigenvalue weighted by Gasteiger charge is 2.08. The molecule has 0 unspecified atom stereocenters. The van der Waals surface area contributed by atoms with E-state index in [1.54, 1.807) is 30.3 Å². The average molecular weight is 261 g/mol. The number of hydrogen-bond acceptors (Lipinski definition) is 1. The van der Waals surface area contributed by atoms with Gasteiger partial charge in [-0.05, 0) is 23.8 Å². The molecule has 0 heterocycles. The molecule has 1 nitrogen and oxygen atoms in total. The molecule has 0 radical (unpaired) electrons. The Labute approximate surface area is 112 Å². The second-order valence-electron chi connectivity index (χ2n) is 4.82. The van der Waals surface area contributed by atoms with Gasteiger partial charge in [-0.2, -0.15) is 0 Å². The van der Waals surface area contributed by atoms with Crippen molar-refractivity contribution in [3.05, 3.63) is 59.7 Å². The number of halogens is 2. The summed E-state index contributed by atoms with van der Waals surface area (Å²) < 4.78 is 27.4. The molecule has 0 saturated heterocycles. The fourth-order valence-corrected chi connectivity index (χ4v) is 1.89. The van der Waals surface area contributed by atoms with Crippen LogP contribution in [0.3, 0.4) is 0 Å². The Hall–Kier alpha value is -1.74. The van der Waals surface area contributed by atoms with Gasteiger partial charge >= 0.3 is 0 Å². The lowest BCUT2D eigenvalue weighted by Gasteiger charge is -2.11. The SMILES string of the molecule is CC(C)NCc1cc(-c2ccccc2F)ccc1F. The van der Waals surface area contributed by atoms with Crippen molar-refractivity contribution >= 4 is 0 Å². The van der Waals surface area contributed by atoms with E-state index in [2.05, 4.69) is 5.32 Å². The minimum Gasteiger partial charge on any atom is -0.310 e. The Morgan fingerprint density at radius 1 is 1.00 bits per heavy atom. The Morgan fingerprint density at radius 3 is 2.42 bits per heavy atom. The first-order chi connectivity index (χ1) is 9.08. The van der Waals surface area contributed by atoms with E-state index in [4.69, 9.17) is 0 Å². The van der Waals surface area contributed by atoms with Crippen LogP contribution in [0, 0.1) is 11.6 Å². The molecule has 0 amide bonds. The minimum atomic E-state index is -0.295. The zero-order valence-electron chi connectivity index (χ0n) is 11.1. The highest BCUT2D eigenvalue weighted by molar-refractivity contribution is 5.64. The predicted octanol–water partition coefficient (Wildman–Crippen LogP) is 4.13. The predicted molar refractivity (Wildman–Crippen MR) is 73.8 cm³/mol. The summed E-state index contributed by atoms with van der Waals surface area (Å²) in [7, 11) is 0. The summed E-state index contributed by atoms with van der Waals surface area (Å²) in [6.07, 6.45) is 0. The monoisotopic (exact) mass is 261 g/mol. The molecule has 100 valence electrons. The van der Waals surface area contributed by atoms with Gasteiger partial charge in [-0.3, -0.25) is 0 Å². The van der Waals surface area contributed by atoms with Gasteiger partial charge in [0.1, 0.15) is 11.6 Å². The van der Waals surface area contributed by atoms with Gasteiger partial charge in [0.2, 0.25) is 0 Å². The lowest BCUT2D eigenvalue weighted by molar-refractivity contribution is 0.553. The molecule has 0 bridgehead atoms. The molecule has 19 heavy (non-hydrogen) atoms. The Kier molecular flexibility index (Phi) is 4.27. The van der Waals surface area contributed by atoms with Crippen LogP contribution in [0.25, 0.3) is 11.1 Å². The van der Waals surface area contributed by atoms with Crippen molar-refractivity contribution in [1.82, 2.24) is 5.32 Å². The number of nitrogens with one attached hydrogen (secondary N) is 1. The summed E-state index contributed by atoms with van der Waals surface area (Å²) in [5, 5.41) is 3.16. The quantitative estimate of drug-likeness (QED) is 0.872. The second-order valence-corrected chi connectivity index (χ2v) is 4.82. The average Bonchev–Trinajstić information content (AvgIpc) is 2.38. The van der Waals surface area contributed by atoms with Crippen LogP contribution >= 0.6 is 0 Å². The molecule has 2 rings (SSSR count). The topological polar surface area (TPSA) is 12.0 Å². The molecule has 0 atom stereocenters. The standard InChI is InChI=1S/C16H17F2N/c1-11(2)19-10-13-9-12(7-8-15(13)17)14-5-3-4-6-16(14)18/h3-9,11,19H,10H2,1-2H3. The summed E-state index contributed by atoms with van der Waals surface area (Å²) in [5.41, 5.74) is 1.74. The fraction of sp³-hybridized carbons (Fsp3) is 0.250. The van der Waals surface area contributed by atoms with Gasteiger partial charge in [0.25, 0.3) is 0 Å². The van der Waals surface area contributed by atoms with Crippen molar-refractivity contribution < 1.29 is 8.78 Å². The third kappa shape index (κ3) is 3.38. The minimum absolute atomic E-state index is 0.270. The van der Waals surface area contributed by atoms with E-state index in [1.165, 1.54) is 12.1 Å². The largest absolute Gasteiger partial charge is 0.310 e. The van der Waals surface area contributed by atoms with Crippen molar-refractivity contribution in [2.75, 3.05) is 0 Å². The van der Waals surface area contributed by atoms with Gasteiger partial charge in [0.05, 0.1) is 0 Å². The van der Waals surface area contributed by atoms with Crippen LogP contribution in [0.5, 0.6) is 0 Å². The lowest BCUT2D eigenvalue weighted by Crippen LogP contribution is -2.22. The van der Waals surface area contributed by atoms with E-state index in [1.807, 2.05) is 13.8 Å². The second kappa shape index (κ2) is 5.93. The van der Waals surface area contributed by atoms with Gasteiger partial charge in [0.15, 0.2) is 0 Å². The van der Waals surface area contributed by atoms with Gasteiger partial charge in [-0.25, -0.2) is 8.78 Å². The summed E-state index contributed by atoms with van der Waals surface area (Å²) in [6.45, 7) is 4.43. The molecule has 0 fully saturated rings. The zero-order chi connectivity index (χ0) is 13.8. The molecule has 3 heteroatoms. The van der Waals surface area contributed by atoms with Crippen LogP contribution in [0.2, 0.25) is 0 Å². The maximum absolute atomic E-state index is 13.7. The molecule has 0 aliphatic rings. The molecule has 2 aromatic carbocycles. The van der Waals surface area contributed by atoms with Crippen LogP contribution in [0.15, 0.2) is 42.5 Å². The first-order valence-electron chi connectivity index (χ1n) is 6.34. The molecule has 2 aromatic rings. The first-order valence-corrected chi connectivity index (χ1v) is 6.34. The normalized spacial score (nSPS) is 11.0. The van der Waals surface area contributed by atoms with Crippen LogP contribution in [0.1, 0.15) is 19.4 Å². The van der Waals surface area contributed by atoms with E-state index in [9.17, 15) is 8.78 Å². The fourth-order valence-electron chi connectivity index (χ4n) is 1.89. The van der Waals surface area contributed by atoms with Gasteiger partial charge < -0.3 is 5.32 Å². The Bertz CT molecular complexity index is 564. The molecule has 0 aliphatic carbocycles. The molecule has 0 spiro atoms. The maximum atomic E-state index is 13.7. The number of hydrogen-bond donors (Lipinski definition) is 1. The van der Waals surface area contributed by atoms with Crippen molar-refractivity contribution in [3.8, 4) is 11.1 Å². The lowest BCUT2D eigenvalue weighted by atomic mass is 10.0. The smallest absolute Gasteiger partial charge is 0.131 e.